The molecule has 10 amide bonds. The van der Waals surface area contributed by atoms with E-state index in [2.05, 4.69) is 42.5 Å². The highest BCUT2D eigenvalue weighted by molar-refractivity contribution is 6.00. The van der Waals surface area contributed by atoms with Crippen molar-refractivity contribution in [2.75, 3.05) is 26.2 Å². The second-order valence-corrected chi connectivity index (χ2v) is 24.3. The molecule has 3 heterocycles. The number of carbonyl (C=O) groups is 10. The number of carbonyl (C=O) groups excluding carboxylic acids is 10. The molecule has 0 aromatic heterocycles. The van der Waals surface area contributed by atoms with Crippen molar-refractivity contribution in [3.63, 3.8) is 0 Å². The lowest BCUT2D eigenvalue weighted by molar-refractivity contribution is -0.143. The number of hydrogen-bond acceptors (Lipinski definition) is 14. The molecule has 3 aliphatic rings. The molecule has 0 bridgehead atoms. The molecule has 464 valence electrons. The van der Waals surface area contributed by atoms with E-state index in [0.29, 0.717) is 11.1 Å². The average molecular weight is 1170 g/mol. The second-order valence-electron chi connectivity index (χ2n) is 24.3. The van der Waals surface area contributed by atoms with Gasteiger partial charge < -0.3 is 75.3 Å². The van der Waals surface area contributed by atoms with Gasteiger partial charge in [-0.25, -0.2) is 0 Å². The van der Waals surface area contributed by atoms with Crippen LogP contribution in [0.25, 0.3) is 0 Å². The standard InChI is InChI=1S/C60H94N14O10/c1-33(2)25-43-53(77)69-45(27-37-17-11-9-12-18-37)59(83)73-31-39(63)29-47(73)55(79)72-50(36(7)8)58(82)66-42(22-16-24-62)52(76)68-44(26-34(3)4)54(78)70-46(28-38-19-13-10-14-20-38)60(84)74-32-40(64)30-48(74)56(80)71-49(35(5)6)57(81)65-41(21-15-23-61)51(75)67-43/h9-14,17-20,33-36,39-50H,15-16,21-32,61-64H2,1-8H3,(H,65,81)(H,66,82)(H,67,75)(H,68,76)(H,69,77)(H,70,78)(H,71,80)(H,72,79)/t39-,40-,41+,42+,43+,44+,45+,46+,47+,48+,49+,50+/m1/s1. The first-order valence-corrected chi connectivity index (χ1v) is 29.8. The largest absolute Gasteiger partial charge is 0.343 e. The predicted molar refractivity (Wildman–Crippen MR) is 317 cm³/mol. The van der Waals surface area contributed by atoms with E-state index in [0.717, 1.165) is 0 Å². The van der Waals surface area contributed by atoms with E-state index in [-0.39, 0.29) is 102 Å². The molecule has 0 unspecified atom stereocenters. The van der Waals surface area contributed by atoms with Gasteiger partial charge in [0, 0.05) is 38.0 Å². The highest BCUT2D eigenvalue weighted by Crippen LogP contribution is 2.23. The molecule has 0 radical (unpaired) electrons. The minimum absolute atomic E-state index is 0.00405. The molecule has 3 aliphatic heterocycles. The van der Waals surface area contributed by atoms with Crippen LogP contribution in [-0.2, 0) is 60.8 Å². The summed E-state index contributed by atoms with van der Waals surface area (Å²) in [6, 6.07) is 3.94. The molecule has 24 nitrogen and oxygen atoms in total. The minimum Gasteiger partial charge on any atom is -0.343 e. The van der Waals surface area contributed by atoms with Crippen molar-refractivity contribution in [3.05, 3.63) is 71.8 Å². The number of benzene rings is 2. The van der Waals surface area contributed by atoms with Gasteiger partial charge in [-0.1, -0.05) is 116 Å². The fraction of sp³-hybridized carbons (Fsp3) is 0.633. The Kier molecular flexibility index (Phi) is 26.1. The van der Waals surface area contributed by atoms with E-state index < -0.39 is 143 Å². The number of nitrogens with two attached hydrogens (primary N) is 4. The summed E-state index contributed by atoms with van der Waals surface area (Å²) in [6.07, 6.45) is 0.800. The maximum atomic E-state index is 15.0. The molecule has 16 N–H and O–H groups in total. The van der Waals surface area contributed by atoms with Gasteiger partial charge in [-0.05, 0) is 99.3 Å². The summed E-state index contributed by atoms with van der Waals surface area (Å²) >= 11 is 0. The van der Waals surface area contributed by atoms with Crippen LogP contribution in [0.1, 0.15) is 118 Å². The Morgan fingerprint density at radius 1 is 0.417 bits per heavy atom. The van der Waals surface area contributed by atoms with E-state index in [4.69, 9.17) is 22.9 Å². The van der Waals surface area contributed by atoms with Crippen molar-refractivity contribution >= 4 is 59.1 Å². The summed E-state index contributed by atoms with van der Waals surface area (Å²) in [5, 5.41) is 22.6. The summed E-state index contributed by atoms with van der Waals surface area (Å²) in [4.78, 5) is 149. The smallest absolute Gasteiger partial charge is 0.246 e. The van der Waals surface area contributed by atoms with Gasteiger partial charge in [-0.3, -0.25) is 47.9 Å². The SMILES string of the molecule is CC(C)C[C@@H]1NC(=O)[C@H](CCCN)NC(=O)[C@H](C(C)C)NC(=O)[C@@H]2C[C@@H](N)CN2C(=O)[C@H](Cc2ccccc2)NC(=O)[C@H](CC(C)C)NC(=O)[C@H](CCCN)NC(=O)[C@H](C(C)C)NC(=O)[C@@H]2C[C@@H](N)CN2C(=O)[C@H](Cc2ccccc2)NC1=O. The number of amides is 10. The molecule has 5 rings (SSSR count). The fourth-order valence-corrected chi connectivity index (χ4v) is 11.0. The lowest BCUT2D eigenvalue weighted by atomic mass is 9.98. The van der Waals surface area contributed by atoms with Gasteiger partial charge in [0.15, 0.2) is 0 Å². The quantitative estimate of drug-likeness (QED) is 0.0970. The summed E-state index contributed by atoms with van der Waals surface area (Å²) in [6.45, 7) is 14.3. The van der Waals surface area contributed by atoms with E-state index in [1.165, 1.54) is 9.80 Å². The first-order valence-electron chi connectivity index (χ1n) is 29.8. The maximum absolute atomic E-state index is 15.0. The van der Waals surface area contributed by atoms with Crippen LogP contribution in [0.2, 0.25) is 0 Å². The highest BCUT2D eigenvalue weighted by atomic mass is 16.2. The number of rotatable bonds is 16. The second kappa shape index (κ2) is 32.3. The minimum atomic E-state index is -1.29. The predicted octanol–water partition coefficient (Wildman–Crippen LogP) is -0.898. The van der Waals surface area contributed by atoms with Gasteiger partial charge >= 0.3 is 0 Å². The van der Waals surface area contributed by atoms with Crippen LogP contribution in [0.15, 0.2) is 60.7 Å². The zero-order valence-corrected chi connectivity index (χ0v) is 50.2. The molecular formula is C60H94N14O10. The van der Waals surface area contributed by atoms with Crippen LogP contribution in [0.5, 0.6) is 0 Å². The molecule has 0 aliphatic carbocycles. The van der Waals surface area contributed by atoms with Crippen LogP contribution in [0, 0.1) is 23.7 Å². The molecule has 24 heteroatoms. The van der Waals surface area contributed by atoms with Crippen LogP contribution in [0.3, 0.4) is 0 Å². The normalized spacial score (nSPS) is 28.0. The summed E-state index contributed by atoms with van der Waals surface area (Å²) in [5.74, 6) is -8.52. The molecular weight excluding hydrogens is 1080 g/mol. The monoisotopic (exact) mass is 1170 g/mol. The molecule has 84 heavy (non-hydrogen) atoms. The summed E-state index contributed by atoms with van der Waals surface area (Å²) in [7, 11) is 0. The number of hydrogen-bond donors (Lipinski definition) is 12. The third kappa shape index (κ3) is 19.5. The van der Waals surface area contributed by atoms with Gasteiger partial charge in [0.05, 0.1) is 0 Å². The van der Waals surface area contributed by atoms with E-state index in [9.17, 15) is 38.4 Å². The zero-order valence-electron chi connectivity index (χ0n) is 50.2. The van der Waals surface area contributed by atoms with Crippen molar-refractivity contribution < 1.29 is 47.9 Å². The third-order valence-corrected chi connectivity index (χ3v) is 15.5. The number of fused-ring (bicyclic) bond motifs is 2. The number of nitrogens with zero attached hydrogens (tertiary/aromatic N) is 2. The van der Waals surface area contributed by atoms with Gasteiger partial charge in [-0.2, -0.15) is 0 Å². The first kappa shape index (κ1) is 67.8. The topological polar surface area (TPSA) is 377 Å². The third-order valence-electron chi connectivity index (χ3n) is 15.5. The zero-order chi connectivity index (χ0) is 61.9. The first-order chi connectivity index (χ1) is 39.8. The number of nitrogens with one attached hydrogen (secondary N) is 8. The highest BCUT2D eigenvalue weighted by Gasteiger charge is 2.45. The van der Waals surface area contributed by atoms with Crippen molar-refractivity contribution in [1.82, 2.24) is 52.3 Å². The Morgan fingerprint density at radius 2 is 0.726 bits per heavy atom. The van der Waals surface area contributed by atoms with Gasteiger partial charge in [-0.15, -0.1) is 0 Å². The van der Waals surface area contributed by atoms with Crippen LogP contribution >= 0.6 is 0 Å². The van der Waals surface area contributed by atoms with Gasteiger partial charge in [0.2, 0.25) is 59.1 Å². The summed E-state index contributed by atoms with van der Waals surface area (Å²) < 4.78 is 0. The molecule has 3 saturated heterocycles. The van der Waals surface area contributed by atoms with Gasteiger partial charge in [0.25, 0.3) is 0 Å². The fourth-order valence-electron chi connectivity index (χ4n) is 11.0. The van der Waals surface area contributed by atoms with Crippen molar-refractivity contribution in [1.29, 1.82) is 0 Å². The molecule has 2 aromatic rings. The Hall–Kier alpha value is -7.02. The molecule has 12 atom stereocenters. The van der Waals surface area contributed by atoms with E-state index >= 15 is 9.59 Å². The lowest BCUT2D eigenvalue weighted by Crippen LogP contribution is -2.62. The van der Waals surface area contributed by atoms with Crippen LogP contribution in [0.4, 0.5) is 0 Å². The van der Waals surface area contributed by atoms with Crippen molar-refractivity contribution in [2.24, 2.45) is 46.6 Å². The summed E-state index contributed by atoms with van der Waals surface area (Å²) in [5.41, 5.74) is 26.2. The van der Waals surface area contributed by atoms with Crippen molar-refractivity contribution in [2.45, 2.75) is 192 Å². The average Bonchev–Trinajstić information content (AvgIpc) is 3.02. The maximum Gasteiger partial charge on any atom is 0.246 e. The molecule has 0 spiro atoms. The van der Waals surface area contributed by atoms with Crippen LogP contribution in [-0.4, -0.2) is 168 Å². The molecule has 0 saturated carbocycles. The Morgan fingerprint density at radius 3 is 1.04 bits per heavy atom. The van der Waals surface area contributed by atoms with Crippen LogP contribution < -0.4 is 65.5 Å². The molecule has 3 fully saturated rings. The van der Waals surface area contributed by atoms with E-state index in [1.807, 2.05) is 27.7 Å². The Balaban J connectivity index is 1.61. The van der Waals surface area contributed by atoms with Crippen molar-refractivity contribution in [3.8, 4) is 0 Å². The van der Waals surface area contributed by atoms with Gasteiger partial charge in [0.1, 0.15) is 60.4 Å². The van der Waals surface area contributed by atoms with E-state index in [1.54, 1.807) is 88.4 Å². The lowest BCUT2D eigenvalue weighted by Gasteiger charge is -2.33. The Labute approximate surface area is 494 Å². The molecule has 2 aromatic carbocycles. The Bertz CT molecular complexity index is 2400.